The first-order chi connectivity index (χ1) is 8.93. The van der Waals surface area contributed by atoms with Crippen LogP contribution in [0.2, 0.25) is 0 Å². The lowest BCUT2D eigenvalue weighted by molar-refractivity contribution is 0.0737. The molecule has 2 rings (SSSR count). The van der Waals surface area contributed by atoms with Gasteiger partial charge in [0.05, 0.1) is 5.69 Å². The second kappa shape index (κ2) is 5.49. The van der Waals surface area contributed by atoms with Crippen LogP contribution in [-0.2, 0) is 6.54 Å². The fourth-order valence-electron chi connectivity index (χ4n) is 2.49. The largest absolute Gasteiger partial charge is 0.397 e. The molecule has 0 bridgehead atoms. The number of hydrogen-bond donors (Lipinski definition) is 1. The van der Waals surface area contributed by atoms with Crippen LogP contribution in [0, 0.1) is 0 Å². The van der Waals surface area contributed by atoms with E-state index in [0.717, 1.165) is 37.5 Å². The van der Waals surface area contributed by atoms with Gasteiger partial charge in [-0.2, -0.15) is 11.8 Å². The molecule has 1 aliphatic heterocycles. The highest BCUT2D eigenvalue weighted by molar-refractivity contribution is 8.00. The van der Waals surface area contributed by atoms with Gasteiger partial charge in [-0.05, 0) is 26.3 Å². The maximum absolute atomic E-state index is 12.6. The summed E-state index contributed by atoms with van der Waals surface area (Å²) in [6.45, 7) is 8.94. The molecule has 4 nitrogen and oxygen atoms in total. The number of carbonyl (C=O) groups excluding carboxylic acids is 1. The minimum atomic E-state index is 0.110. The molecule has 2 N–H and O–H groups in total. The number of hydrogen-bond acceptors (Lipinski definition) is 3. The van der Waals surface area contributed by atoms with Crippen LogP contribution < -0.4 is 5.73 Å². The van der Waals surface area contributed by atoms with Crippen molar-refractivity contribution < 1.29 is 4.79 Å². The first-order valence-corrected chi connectivity index (χ1v) is 7.80. The molecule has 0 radical (unpaired) electrons. The molecule has 0 atom stereocenters. The summed E-state index contributed by atoms with van der Waals surface area (Å²) in [4.78, 5) is 14.6. The topological polar surface area (TPSA) is 51.3 Å². The van der Waals surface area contributed by atoms with Crippen molar-refractivity contribution in [2.45, 2.75) is 38.5 Å². The van der Waals surface area contributed by atoms with E-state index in [0.29, 0.717) is 5.69 Å². The minimum Gasteiger partial charge on any atom is -0.397 e. The number of rotatable bonds is 3. The van der Waals surface area contributed by atoms with Crippen molar-refractivity contribution in [3.63, 3.8) is 0 Å². The Kier molecular flexibility index (Phi) is 4.13. The maximum Gasteiger partial charge on any atom is 0.270 e. The standard InChI is InChI=1S/C14H23N3OS/c1-4-5-16-9-11(15)8-12(16)13(18)17-6-7-19-14(2,3)10-17/h8-9H,4-7,10,15H2,1-3H3. The number of nitrogens with zero attached hydrogens (tertiary/aromatic N) is 2. The van der Waals surface area contributed by atoms with Gasteiger partial charge in [0.1, 0.15) is 5.69 Å². The van der Waals surface area contributed by atoms with Crippen molar-refractivity contribution in [2.24, 2.45) is 0 Å². The molecule has 5 heteroatoms. The summed E-state index contributed by atoms with van der Waals surface area (Å²) >= 11 is 1.93. The van der Waals surface area contributed by atoms with E-state index in [4.69, 9.17) is 5.73 Å². The zero-order valence-corrected chi connectivity index (χ0v) is 12.8. The van der Waals surface area contributed by atoms with Gasteiger partial charge < -0.3 is 15.2 Å². The Morgan fingerprint density at radius 3 is 2.89 bits per heavy atom. The molecule has 0 aliphatic carbocycles. The van der Waals surface area contributed by atoms with Crippen molar-refractivity contribution in [3.05, 3.63) is 18.0 Å². The number of nitrogen functional groups attached to an aromatic ring is 1. The lowest BCUT2D eigenvalue weighted by Gasteiger charge is -2.37. The molecule has 19 heavy (non-hydrogen) atoms. The highest BCUT2D eigenvalue weighted by Gasteiger charge is 2.31. The van der Waals surface area contributed by atoms with Crippen molar-refractivity contribution >= 4 is 23.4 Å². The predicted molar refractivity (Wildman–Crippen MR) is 81.6 cm³/mol. The van der Waals surface area contributed by atoms with Crippen molar-refractivity contribution in [3.8, 4) is 0 Å². The van der Waals surface area contributed by atoms with Gasteiger partial charge in [-0.25, -0.2) is 0 Å². The Hall–Kier alpha value is -1.10. The summed E-state index contributed by atoms with van der Waals surface area (Å²) in [7, 11) is 0. The predicted octanol–water partition coefficient (Wildman–Crippen LogP) is 2.45. The van der Waals surface area contributed by atoms with E-state index in [1.54, 1.807) is 6.07 Å². The van der Waals surface area contributed by atoms with E-state index in [1.807, 2.05) is 27.4 Å². The third-order valence-electron chi connectivity index (χ3n) is 3.31. The average molecular weight is 281 g/mol. The Bertz CT molecular complexity index is 467. The maximum atomic E-state index is 12.6. The van der Waals surface area contributed by atoms with Crippen LogP contribution in [0.15, 0.2) is 12.3 Å². The molecule has 1 fully saturated rings. The molecule has 1 aromatic rings. The summed E-state index contributed by atoms with van der Waals surface area (Å²) in [5.74, 6) is 1.11. The molecule has 0 saturated carbocycles. The van der Waals surface area contributed by atoms with E-state index in [-0.39, 0.29) is 10.7 Å². The third-order valence-corrected chi connectivity index (χ3v) is 4.61. The fourth-order valence-corrected chi connectivity index (χ4v) is 3.60. The van der Waals surface area contributed by atoms with Crippen molar-refractivity contribution in [1.82, 2.24) is 9.47 Å². The highest BCUT2D eigenvalue weighted by atomic mass is 32.2. The molecule has 1 aromatic heterocycles. The SMILES string of the molecule is CCCn1cc(N)cc1C(=O)N1CCSC(C)(C)C1. The van der Waals surface area contributed by atoms with Gasteiger partial charge in [0.2, 0.25) is 0 Å². The summed E-state index contributed by atoms with van der Waals surface area (Å²) in [5, 5.41) is 0. The number of anilines is 1. The van der Waals surface area contributed by atoms with E-state index < -0.39 is 0 Å². The highest BCUT2D eigenvalue weighted by Crippen LogP contribution is 2.30. The lowest BCUT2D eigenvalue weighted by atomic mass is 10.1. The van der Waals surface area contributed by atoms with Crippen LogP contribution in [0.4, 0.5) is 5.69 Å². The molecule has 1 amide bonds. The Morgan fingerprint density at radius 2 is 2.26 bits per heavy atom. The summed E-state index contributed by atoms with van der Waals surface area (Å²) in [5.41, 5.74) is 7.23. The quantitative estimate of drug-likeness (QED) is 0.926. The van der Waals surface area contributed by atoms with E-state index in [2.05, 4.69) is 20.8 Å². The zero-order valence-electron chi connectivity index (χ0n) is 12.0. The molecule has 106 valence electrons. The van der Waals surface area contributed by atoms with Gasteiger partial charge >= 0.3 is 0 Å². The number of aromatic nitrogens is 1. The Labute approximate surface area is 119 Å². The second-order valence-corrected chi connectivity index (χ2v) is 7.49. The van der Waals surface area contributed by atoms with Crippen molar-refractivity contribution in [1.29, 1.82) is 0 Å². The van der Waals surface area contributed by atoms with Crippen LogP contribution in [0.3, 0.4) is 0 Å². The van der Waals surface area contributed by atoms with Crippen LogP contribution in [0.25, 0.3) is 0 Å². The number of carbonyl (C=O) groups is 1. The molecule has 1 aliphatic rings. The molecule has 1 saturated heterocycles. The van der Waals surface area contributed by atoms with Gasteiger partial charge in [-0.1, -0.05) is 6.92 Å². The van der Waals surface area contributed by atoms with Gasteiger partial charge in [0.25, 0.3) is 5.91 Å². The molecular formula is C14H23N3OS. The summed E-state index contributed by atoms with van der Waals surface area (Å²) in [6, 6.07) is 1.80. The monoisotopic (exact) mass is 281 g/mol. The number of thioether (sulfide) groups is 1. The van der Waals surface area contributed by atoms with Gasteiger partial charge in [0, 0.05) is 36.3 Å². The molecule has 2 heterocycles. The Morgan fingerprint density at radius 1 is 1.53 bits per heavy atom. The van der Waals surface area contributed by atoms with Crippen molar-refractivity contribution in [2.75, 3.05) is 24.6 Å². The summed E-state index contributed by atoms with van der Waals surface area (Å²) in [6.07, 6.45) is 2.86. The molecule has 0 spiro atoms. The normalized spacial score (nSPS) is 18.6. The Balaban J connectivity index is 2.19. The lowest BCUT2D eigenvalue weighted by Crippen LogP contribution is -2.46. The number of nitrogens with two attached hydrogens (primary N) is 1. The van der Waals surface area contributed by atoms with Crippen LogP contribution >= 0.6 is 11.8 Å². The zero-order chi connectivity index (χ0) is 14.0. The van der Waals surface area contributed by atoms with Gasteiger partial charge in [-0.15, -0.1) is 0 Å². The van der Waals surface area contributed by atoms with E-state index in [1.165, 1.54) is 0 Å². The van der Waals surface area contributed by atoms with Gasteiger partial charge in [-0.3, -0.25) is 4.79 Å². The molecule has 0 aromatic carbocycles. The second-order valence-electron chi connectivity index (χ2n) is 5.69. The van der Waals surface area contributed by atoms with E-state index >= 15 is 0 Å². The molecule has 0 unspecified atom stereocenters. The first kappa shape index (κ1) is 14.3. The minimum absolute atomic E-state index is 0.110. The van der Waals surface area contributed by atoms with E-state index in [9.17, 15) is 4.79 Å². The first-order valence-electron chi connectivity index (χ1n) is 6.82. The van der Waals surface area contributed by atoms with Crippen LogP contribution in [-0.4, -0.2) is 39.0 Å². The van der Waals surface area contributed by atoms with Crippen LogP contribution in [0.1, 0.15) is 37.7 Å². The van der Waals surface area contributed by atoms with Crippen LogP contribution in [0.5, 0.6) is 0 Å². The van der Waals surface area contributed by atoms with Gasteiger partial charge in [0.15, 0.2) is 0 Å². The molecular weight excluding hydrogens is 258 g/mol. The summed E-state index contributed by atoms with van der Waals surface area (Å²) < 4.78 is 2.12. The smallest absolute Gasteiger partial charge is 0.270 e. The average Bonchev–Trinajstić information content (AvgIpc) is 2.68. The fraction of sp³-hybridized carbons (Fsp3) is 0.643. The third kappa shape index (κ3) is 3.26. The number of aryl methyl sites for hydroxylation is 1. The number of amides is 1.